The number of carbonyl (C=O) groups is 3. The van der Waals surface area contributed by atoms with Crippen molar-refractivity contribution in [2.45, 2.75) is 18.9 Å². The zero-order valence-corrected chi connectivity index (χ0v) is 17.8. The number of likely N-dealkylation sites (tertiary alicyclic amines) is 1. The molecule has 1 fully saturated rings. The van der Waals surface area contributed by atoms with Crippen LogP contribution >= 0.6 is 11.3 Å². The number of rotatable bonds is 8. The molecule has 2 aromatic rings. The maximum absolute atomic E-state index is 12.8. The van der Waals surface area contributed by atoms with E-state index in [2.05, 4.69) is 10.6 Å². The van der Waals surface area contributed by atoms with Crippen LogP contribution in [0.15, 0.2) is 47.8 Å². The third-order valence-corrected chi connectivity index (χ3v) is 6.10. The minimum Gasteiger partial charge on any atom is -0.383 e. The summed E-state index contributed by atoms with van der Waals surface area (Å²) in [5.74, 6) is -0.524. The Bertz CT molecular complexity index is 833. The monoisotopic (exact) mass is 429 g/mol. The summed E-state index contributed by atoms with van der Waals surface area (Å²) in [6, 6.07) is 11.9. The first-order valence-electron chi connectivity index (χ1n) is 10.1. The van der Waals surface area contributed by atoms with E-state index in [1.165, 1.54) is 11.3 Å². The first-order chi connectivity index (χ1) is 14.6. The number of piperidine rings is 1. The molecule has 3 amide bonds. The van der Waals surface area contributed by atoms with Crippen molar-refractivity contribution in [1.82, 2.24) is 15.5 Å². The number of nitrogens with one attached hydrogen (secondary N) is 2. The van der Waals surface area contributed by atoms with Gasteiger partial charge in [0.15, 0.2) is 0 Å². The summed E-state index contributed by atoms with van der Waals surface area (Å²) >= 11 is 1.43. The third-order valence-electron chi connectivity index (χ3n) is 5.24. The molecule has 1 aliphatic rings. The molecule has 1 unspecified atom stereocenters. The normalized spacial score (nSPS) is 15.4. The molecule has 0 saturated carbocycles. The summed E-state index contributed by atoms with van der Waals surface area (Å²) in [5, 5.41) is 7.63. The summed E-state index contributed by atoms with van der Waals surface area (Å²) < 4.78 is 5.00. The van der Waals surface area contributed by atoms with Crippen LogP contribution in [0.3, 0.4) is 0 Å². The second kappa shape index (κ2) is 10.9. The van der Waals surface area contributed by atoms with E-state index in [1.54, 1.807) is 31.4 Å². The number of carbonyl (C=O) groups excluding carboxylic acids is 3. The Hall–Kier alpha value is -2.71. The maximum atomic E-state index is 12.8. The zero-order valence-electron chi connectivity index (χ0n) is 17.0. The number of amides is 3. The van der Waals surface area contributed by atoms with E-state index < -0.39 is 6.04 Å². The molecule has 1 saturated heterocycles. The second-order valence-electron chi connectivity index (χ2n) is 7.21. The fourth-order valence-corrected chi connectivity index (χ4v) is 4.28. The standard InChI is InChI=1S/C22H27N3O4S/c1-29-14-11-23-21(27)19(24-20(26)17-6-3-2-4-7-17)16-9-12-25(13-10-16)22(28)18-8-5-15-30-18/h2-8,15-16,19H,9-14H2,1H3,(H,23,27)(H,24,26). The first kappa shape index (κ1) is 22.0. The van der Waals surface area contributed by atoms with Crippen LogP contribution in [-0.2, 0) is 9.53 Å². The molecular weight excluding hydrogens is 402 g/mol. The van der Waals surface area contributed by atoms with Gasteiger partial charge in [0.05, 0.1) is 11.5 Å². The Morgan fingerprint density at radius 3 is 2.50 bits per heavy atom. The molecule has 1 atom stereocenters. The molecule has 3 rings (SSSR count). The van der Waals surface area contributed by atoms with Gasteiger partial charge in [-0.05, 0) is 42.3 Å². The van der Waals surface area contributed by atoms with E-state index in [0.717, 1.165) is 4.88 Å². The summed E-state index contributed by atoms with van der Waals surface area (Å²) in [4.78, 5) is 40.6. The van der Waals surface area contributed by atoms with E-state index in [0.29, 0.717) is 44.6 Å². The quantitative estimate of drug-likeness (QED) is 0.630. The number of benzene rings is 1. The van der Waals surface area contributed by atoms with Gasteiger partial charge in [0.25, 0.3) is 11.8 Å². The van der Waals surface area contributed by atoms with E-state index in [4.69, 9.17) is 4.74 Å². The fraction of sp³-hybridized carbons (Fsp3) is 0.409. The molecule has 0 bridgehead atoms. The smallest absolute Gasteiger partial charge is 0.263 e. The first-order valence-corrected chi connectivity index (χ1v) is 10.9. The van der Waals surface area contributed by atoms with E-state index in [1.807, 2.05) is 28.5 Å². The van der Waals surface area contributed by atoms with Crippen LogP contribution in [0.4, 0.5) is 0 Å². The molecular formula is C22H27N3O4S. The molecule has 2 N–H and O–H groups in total. The molecule has 0 spiro atoms. The van der Waals surface area contributed by atoms with Gasteiger partial charge >= 0.3 is 0 Å². The van der Waals surface area contributed by atoms with Crippen LogP contribution in [-0.4, -0.2) is 62.0 Å². The number of hydrogen-bond donors (Lipinski definition) is 2. The molecule has 0 aliphatic carbocycles. The van der Waals surface area contributed by atoms with Crippen LogP contribution in [0.5, 0.6) is 0 Å². The Kier molecular flexibility index (Phi) is 7.98. The van der Waals surface area contributed by atoms with Gasteiger partial charge in [-0.3, -0.25) is 14.4 Å². The van der Waals surface area contributed by atoms with Gasteiger partial charge in [-0.2, -0.15) is 0 Å². The van der Waals surface area contributed by atoms with Crippen molar-refractivity contribution in [2.24, 2.45) is 5.92 Å². The number of methoxy groups -OCH3 is 1. The molecule has 1 aromatic carbocycles. The third kappa shape index (κ3) is 5.67. The second-order valence-corrected chi connectivity index (χ2v) is 8.16. The lowest BCUT2D eigenvalue weighted by Gasteiger charge is -2.35. The highest BCUT2D eigenvalue weighted by Gasteiger charge is 2.34. The molecule has 1 aromatic heterocycles. The SMILES string of the molecule is COCCNC(=O)C(NC(=O)c1ccccc1)C1CCN(C(=O)c2cccs2)CC1. The zero-order chi connectivity index (χ0) is 21.3. The number of thiophene rings is 1. The number of nitrogens with zero attached hydrogens (tertiary/aromatic N) is 1. The lowest BCUT2D eigenvalue weighted by molar-refractivity contribution is -0.124. The molecule has 160 valence electrons. The maximum Gasteiger partial charge on any atom is 0.263 e. The highest BCUT2D eigenvalue weighted by atomic mass is 32.1. The van der Waals surface area contributed by atoms with Crippen molar-refractivity contribution >= 4 is 29.1 Å². The van der Waals surface area contributed by atoms with Gasteiger partial charge in [-0.15, -0.1) is 11.3 Å². The topological polar surface area (TPSA) is 87.7 Å². The van der Waals surface area contributed by atoms with E-state index >= 15 is 0 Å². The van der Waals surface area contributed by atoms with Gasteiger partial charge in [0.1, 0.15) is 6.04 Å². The van der Waals surface area contributed by atoms with Crippen molar-refractivity contribution in [3.05, 3.63) is 58.3 Å². The summed E-state index contributed by atoms with van der Waals surface area (Å²) in [6.07, 6.45) is 1.29. The van der Waals surface area contributed by atoms with Crippen molar-refractivity contribution in [1.29, 1.82) is 0 Å². The van der Waals surface area contributed by atoms with Crippen LogP contribution in [0.1, 0.15) is 32.9 Å². The predicted octanol–water partition coefficient (Wildman–Crippen LogP) is 2.16. The van der Waals surface area contributed by atoms with Gasteiger partial charge in [-0.25, -0.2) is 0 Å². The highest BCUT2D eigenvalue weighted by Crippen LogP contribution is 2.24. The van der Waals surface area contributed by atoms with Crippen molar-refractivity contribution in [3.63, 3.8) is 0 Å². The summed E-state index contributed by atoms with van der Waals surface area (Å²) in [7, 11) is 1.57. The van der Waals surface area contributed by atoms with Crippen LogP contribution in [0.25, 0.3) is 0 Å². The summed E-state index contributed by atoms with van der Waals surface area (Å²) in [5.41, 5.74) is 0.512. The Balaban J connectivity index is 1.65. The summed E-state index contributed by atoms with van der Waals surface area (Å²) in [6.45, 7) is 1.90. The highest BCUT2D eigenvalue weighted by molar-refractivity contribution is 7.12. The largest absolute Gasteiger partial charge is 0.383 e. The van der Waals surface area contributed by atoms with Gasteiger partial charge < -0.3 is 20.3 Å². The van der Waals surface area contributed by atoms with Crippen LogP contribution in [0.2, 0.25) is 0 Å². The van der Waals surface area contributed by atoms with Crippen LogP contribution in [0, 0.1) is 5.92 Å². The molecule has 1 aliphatic heterocycles. The van der Waals surface area contributed by atoms with E-state index in [-0.39, 0.29) is 23.6 Å². The van der Waals surface area contributed by atoms with Crippen molar-refractivity contribution < 1.29 is 19.1 Å². The van der Waals surface area contributed by atoms with Crippen molar-refractivity contribution in [3.8, 4) is 0 Å². The molecule has 0 radical (unpaired) electrons. The Labute approximate surface area is 180 Å². The molecule has 8 heteroatoms. The van der Waals surface area contributed by atoms with Crippen molar-refractivity contribution in [2.75, 3.05) is 33.4 Å². The van der Waals surface area contributed by atoms with Gasteiger partial charge in [0.2, 0.25) is 5.91 Å². The minimum absolute atomic E-state index is 0.0258. The van der Waals surface area contributed by atoms with Gasteiger partial charge in [-0.1, -0.05) is 24.3 Å². The predicted molar refractivity (Wildman–Crippen MR) is 116 cm³/mol. The number of hydrogen-bond acceptors (Lipinski definition) is 5. The Morgan fingerprint density at radius 2 is 1.87 bits per heavy atom. The van der Waals surface area contributed by atoms with Gasteiger partial charge in [0, 0.05) is 32.3 Å². The molecule has 30 heavy (non-hydrogen) atoms. The lowest BCUT2D eigenvalue weighted by Crippen LogP contribution is -2.54. The van der Waals surface area contributed by atoms with E-state index in [9.17, 15) is 14.4 Å². The number of ether oxygens (including phenoxy) is 1. The molecule has 2 heterocycles. The average molecular weight is 430 g/mol. The lowest BCUT2D eigenvalue weighted by atomic mass is 9.88. The molecule has 7 nitrogen and oxygen atoms in total. The van der Waals surface area contributed by atoms with Crippen LogP contribution < -0.4 is 10.6 Å². The average Bonchev–Trinajstić information content (AvgIpc) is 3.32. The fourth-order valence-electron chi connectivity index (χ4n) is 3.59. The Morgan fingerprint density at radius 1 is 1.13 bits per heavy atom. The minimum atomic E-state index is -0.659.